The number of nitrogens with one attached hydrogen (secondary N) is 2. The van der Waals surface area contributed by atoms with Crippen molar-refractivity contribution in [1.82, 2.24) is 15.5 Å². The Morgan fingerprint density at radius 3 is 2.58 bits per heavy atom. The van der Waals surface area contributed by atoms with Gasteiger partial charge in [-0.15, -0.1) is 24.0 Å². The quantitative estimate of drug-likeness (QED) is 0.274. The van der Waals surface area contributed by atoms with Gasteiger partial charge in [0.25, 0.3) is 0 Å². The summed E-state index contributed by atoms with van der Waals surface area (Å²) in [6, 6.07) is 6.64. The van der Waals surface area contributed by atoms with Crippen molar-refractivity contribution in [2.45, 2.75) is 46.1 Å². The second-order valence-electron chi connectivity index (χ2n) is 7.12. The highest BCUT2D eigenvalue weighted by atomic mass is 127. The van der Waals surface area contributed by atoms with Crippen molar-refractivity contribution in [3.05, 3.63) is 35.6 Å². The summed E-state index contributed by atoms with van der Waals surface area (Å²) in [4.78, 5) is 18.4. The lowest BCUT2D eigenvalue weighted by Crippen LogP contribution is -2.48. The summed E-state index contributed by atoms with van der Waals surface area (Å²) in [6.07, 6.45) is 1.59. The second kappa shape index (κ2) is 12.1. The highest BCUT2D eigenvalue weighted by Crippen LogP contribution is 2.06. The summed E-state index contributed by atoms with van der Waals surface area (Å²) in [5, 5.41) is 6.14. The summed E-state index contributed by atoms with van der Waals surface area (Å²) in [5.74, 6) is 0.449. The van der Waals surface area contributed by atoms with Crippen LogP contribution in [0.3, 0.4) is 0 Å². The van der Waals surface area contributed by atoms with Crippen LogP contribution in [0.4, 0.5) is 4.39 Å². The number of halogens is 2. The molecule has 0 atom stereocenters. The van der Waals surface area contributed by atoms with E-state index < -0.39 is 0 Å². The first-order valence-electron chi connectivity index (χ1n) is 8.76. The molecule has 0 aliphatic carbocycles. The van der Waals surface area contributed by atoms with E-state index in [1.165, 1.54) is 6.07 Å². The number of carbonyl (C=O) groups excluding carboxylic acids is 1. The van der Waals surface area contributed by atoms with Gasteiger partial charge in [0.05, 0.1) is 6.54 Å². The van der Waals surface area contributed by atoms with Crippen molar-refractivity contribution >= 4 is 35.8 Å². The van der Waals surface area contributed by atoms with E-state index in [9.17, 15) is 9.18 Å². The Morgan fingerprint density at radius 2 is 2.00 bits per heavy atom. The standard InChI is InChI=1S/C19H31FN4O.HI/c1-6-21-18(24(5)14-17(25)23-19(2,3)4)22-12-8-10-15-9-7-11-16(20)13-15;/h7,9,11,13H,6,8,10,12,14H2,1-5H3,(H,21,22)(H,23,25);1H. The normalized spacial score (nSPS) is 11.5. The van der Waals surface area contributed by atoms with Crippen LogP contribution in [-0.2, 0) is 11.2 Å². The molecule has 0 spiro atoms. The van der Waals surface area contributed by atoms with Crippen molar-refractivity contribution in [3.63, 3.8) is 0 Å². The smallest absolute Gasteiger partial charge is 0.240 e. The molecule has 0 radical (unpaired) electrons. The molecule has 7 heteroatoms. The monoisotopic (exact) mass is 478 g/mol. The molecule has 1 aromatic carbocycles. The minimum absolute atomic E-state index is 0. The van der Waals surface area contributed by atoms with Crippen LogP contribution in [0.1, 0.15) is 39.7 Å². The van der Waals surface area contributed by atoms with E-state index in [2.05, 4.69) is 15.6 Å². The second-order valence-corrected chi connectivity index (χ2v) is 7.12. The van der Waals surface area contributed by atoms with Gasteiger partial charge in [0.15, 0.2) is 5.96 Å². The van der Waals surface area contributed by atoms with Gasteiger partial charge in [-0.2, -0.15) is 0 Å². The van der Waals surface area contributed by atoms with Crippen molar-refractivity contribution in [1.29, 1.82) is 0 Å². The number of likely N-dealkylation sites (N-methyl/N-ethyl adjacent to an activating group) is 1. The van der Waals surface area contributed by atoms with Crippen molar-refractivity contribution in [3.8, 4) is 0 Å². The fourth-order valence-corrected chi connectivity index (χ4v) is 2.38. The number of hydrogen-bond acceptors (Lipinski definition) is 2. The summed E-state index contributed by atoms with van der Waals surface area (Å²) in [6.45, 7) is 9.44. The zero-order valence-electron chi connectivity index (χ0n) is 16.4. The third-order valence-corrected chi connectivity index (χ3v) is 3.37. The molecule has 1 aromatic rings. The van der Waals surface area contributed by atoms with Crippen LogP contribution in [0.2, 0.25) is 0 Å². The number of aliphatic imine (C=N–C) groups is 1. The van der Waals surface area contributed by atoms with E-state index in [4.69, 9.17) is 0 Å². The van der Waals surface area contributed by atoms with Gasteiger partial charge in [0.1, 0.15) is 5.82 Å². The topological polar surface area (TPSA) is 56.7 Å². The summed E-state index contributed by atoms with van der Waals surface area (Å²) >= 11 is 0. The predicted molar refractivity (Wildman–Crippen MR) is 117 cm³/mol. The molecule has 1 amide bonds. The SMILES string of the molecule is CCNC(=NCCCc1cccc(F)c1)N(C)CC(=O)NC(C)(C)C.I. The Kier molecular flexibility index (Phi) is 11.4. The molecule has 26 heavy (non-hydrogen) atoms. The predicted octanol–water partition coefficient (Wildman–Crippen LogP) is 3.19. The highest BCUT2D eigenvalue weighted by Gasteiger charge is 2.16. The highest BCUT2D eigenvalue weighted by molar-refractivity contribution is 14.0. The van der Waals surface area contributed by atoms with E-state index in [-0.39, 0.29) is 47.8 Å². The van der Waals surface area contributed by atoms with E-state index >= 15 is 0 Å². The number of rotatable bonds is 7. The molecule has 0 aliphatic heterocycles. The van der Waals surface area contributed by atoms with Gasteiger partial charge in [-0.3, -0.25) is 9.79 Å². The number of carbonyl (C=O) groups is 1. The van der Waals surface area contributed by atoms with E-state index in [1.807, 2.05) is 45.7 Å². The fraction of sp³-hybridized carbons (Fsp3) is 0.579. The third kappa shape index (κ3) is 10.6. The van der Waals surface area contributed by atoms with Crippen LogP contribution in [0.15, 0.2) is 29.3 Å². The van der Waals surface area contributed by atoms with Crippen LogP contribution >= 0.6 is 24.0 Å². The number of nitrogens with zero attached hydrogens (tertiary/aromatic N) is 2. The molecule has 0 saturated heterocycles. The number of aryl methyl sites for hydroxylation is 1. The zero-order chi connectivity index (χ0) is 18.9. The molecule has 148 valence electrons. The van der Waals surface area contributed by atoms with E-state index in [0.29, 0.717) is 12.5 Å². The molecule has 5 nitrogen and oxygen atoms in total. The number of guanidine groups is 1. The van der Waals surface area contributed by atoms with Gasteiger partial charge in [0, 0.05) is 25.7 Å². The van der Waals surface area contributed by atoms with Crippen LogP contribution in [0.5, 0.6) is 0 Å². The third-order valence-electron chi connectivity index (χ3n) is 3.37. The molecule has 0 fully saturated rings. The Balaban J connectivity index is 0.00000625. The van der Waals surface area contributed by atoms with Gasteiger partial charge in [0.2, 0.25) is 5.91 Å². The summed E-state index contributed by atoms with van der Waals surface area (Å²) in [5.41, 5.74) is 0.719. The van der Waals surface area contributed by atoms with Crippen molar-refractivity contribution in [2.75, 3.05) is 26.7 Å². The van der Waals surface area contributed by atoms with Crippen LogP contribution in [0, 0.1) is 5.82 Å². The lowest BCUT2D eigenvalue weighted by molar-refractivity contribution is -0.122. The number of amides is 1. The molecular formula is C19H32FIN4O. The van der Waals surface area contributed by atoms with Crippen molar-refractivity contribution in [2.24, 2.45) is 4.99 Å². The zero-order valence-corrected chi connectivity index (χ0v) is 18.8. The maximum absolute atomic E-state index is 13.2. The lowest BCUT2D eigenvalue weighted by Gasteiger charge is -2.25. The molecular weight excluding hydrogens is 446 g/mol. The molecule has 0 aromatic heterocycles. The van der Waals surface area contributed by atoms with Gasteiger partial charge in [-0.05, 0) is 58.2 Å². The average molecular weight is 478 g/mol. The van der Waals surface area contributed by atoms with Gasteiger partial charge in [-0.25, -0.2) is 4.39 Å². The molecule has 0 saturated carbocycles. The molecule has 0 bridgehead atoms. The summed E-state index contributed by atoms with van der Waals surface area (Å²) in [7, 11) is 1.84. The lowest BCUT2D eigenvalue weighted by atomic mass is 10.1. The molecule has 2 N–H and O–H groups in total. The van der Waals surface area contributed by atoms with Gasteiger partial charge in [-0.1, -0.05) is 12.1 Å². The van der Waals surface area contributed by atoms with E-state index in [1.54, 1.807) is 12.1 Å². The molecule has 0 aliphatic rings. The molecule has 0 unspecified atom stereocenters. The Hall–Kier alpha value is -1.38. The van der Waals surface area contributed by atoms with Crippen LogP contribution in [0.25, 0.3) is 0 Å². The number of benzene rings is 1. The van der Waals surface area contributed by atoms with Crippen LogP contribution < -0.4 is 10.6 Å². The molecule has 0 heterocycles. The van der Waals surface area contributed by atoms with Gasteiger partial charge >= 0.3 is 0 Å². The minimum Gasteiger partial charge on any atom is -0.357 e. The Labute approximate surface area is 173 Å². The average Bonchev–Trinajstić information content (AvgIpc) is 2.48. The van der Waals surface area contributed by atoms with Crippen molar-refractivity contribution < 1.29 is 9.18 Å². The number of hydrogen-bond donors (Lipinski definition) is 2. The first-order chi connectivity index (χ1) is 11.7. The largest absolute Gasteiger partial charge is 0.357 e. The Morgan fingerprint density at radius 1 is 1.31 bits per heavy atom. The maximum atomic E-state index is 13.2. The molecule has 1 rings (SSSR count). The first kappa shape index (κ1) is 24.6. The maximum Gasteiger partial charge on any atom is 0.240 e. The first-order valence-corrected chi connectivity index (χ1v) is 8.76. The minimum atomic E-state index is -0.252. The fourth-order valence-electron chi connectivity index (χ4n) is 2.38. The van der Waals surface area contributed by atoms with E-state index in [0.717, 1.165) is 24.9 Å². The van der Waals surface area contributed by atoms with Crippen LogP contribution in [-0.4, -0.2) is 49.0 Å². The Bertz CT molecular complexity index is 587. The summed E-state index contributed by atoms with van der Waals surface area (Å²) < 4.78 is 13.2. The van der Waals surface area contributed by atoms with Gasteiger partial charge < -0.3 is 15.5 Å².